The van der Waals surface area contributed by atoms with Crippen molar-refractivity contribution in [1.82, 2.24) is 10.3 Å². The van der Waals surface area contributed by atoms with Gasteiger partial charge >= 0.3 is 0 Å². The molecule has 134 valence electrons. The fraction of sp³-hybridized carbons (Fsp3) is 0.200. The van der Waals surface area contributed by atoms with Crippen molar-refractivity contribution in [2.45, 2.75) is 19.8 Å². The molecule has 0 spiro atoms. The average Bonchev–Trinajstić information content (AvgIpc) is 3.10. The van der Waals surface area contributed by atoms with Gasteiger partial charge in [-0.2, -0.15) is 0 Å². The molecule has 6 heteroatoms. The van der Waals surface area contributed by atoms with Gasteiger partial charge in [-0.1, -0.05) is 24.3 Å². The second-order valence-electron chi connectivity index (χ2n) is 5.95. The normalized spacial score (nSPS) is 10.5. The van der Waals surface area contributed by atoms with E-state index in [1.54, 1.807) is 12.1 Å². The number of hydrogen-bond acceptors (Lipinski definition) is 4. The molecule has 0 saturated heterocycles. The first-order valence-corrected chi connectivity index (χ1v) is 9.30. The van der Waals surface area contributed by atoms with Crippen molar-refractivity contribution in [2.75, 3.05) is 11.9 Å². The topological polar surface area (TPSA) is 54.0 Å². The summed E-state index contributed by atoms with van der Waals surface area (Å²) in [5, 5.41) is 8.75. The van der Waals surface area contributed by atoms with Crippen LogP contribution in [0.2, 0.25) is 0 Å². The van der Waals surface area contributed by atoms with Crippen LogP contribution >= 0.6 is 11.3 Å². The first-order valence-electron chi connectivity index (χ1n) is 8.42. The number of thiazole rings is 1. The van der Waals surface area contributed by atoms with Crippen LogP contribution in [0, 0.1) is 5.82 Å². The third-order valence-electron chi connectivity index (χ3n) is 3.87. The van der Waals surface area contributed by atoms with Crippen molar-refractivity contribution < 1.29 is 9.18 Å². The Balaban J connectivity index is 1.58. The molecule has 2 aromatic carbocycles. The third-order valence-corrected chi connectivity index (χ3v) is 4.62. The average molecular weight is 369 g/mol. The van der Waals surface area contributed by atoms with Crippen LogP contribution in [0.4, 0.5) is 15.2 Å². The number of nitrogens with one attached hydrogen (secondary N) is 2. The molecular weight excluding hydrogens is 349 g/mol. The monoisotopic (exact) mass is 369 g/mol. The highest BCUT2D eigenvalue weighted by molar-refractivity contribution is 7.14. The first-order chi connectivity index (χ1) is 12.6. The van der Waals surface area contributed by atoms with Crippen LogP contribution in [0.1, 0.15) is 18.9 Å². The fourth-order valence-electron chi connectivity index (χ4n) is 2.52. The van der Waals surface area contributed by atoms with E-state index in [-0.39, 0.29) is 11.7 Å². The number of rotatable bonds is 7. The second-order valence-corrected chi connectivity index (χ2v) is 6.81. The van der Waals surface area contributed by atoms with Crippen LogP contribution in [-0.2, 0) is 11.2 Å². The Hall–Kier alpha value is -2.73. The van der Waals surface area contributed by atoms with Gasteiger partial charge in [0.15, 0.2) is 5.13 Å². The predicted molar refractivity (Wildman–Crippen MR) is 104 cm³/mol. The molecule has 0 saturated carbocycles. The number of aryl methyl sites for hydroxylation is 1. The zero-order valence-electron chi connectivity index (χ0n) is 14.5. The smallest absolute Gasteiger partial charge is 0.216 e. The molecule has 1 amide bonds. The summed E-state index contributed by atoms with van der Waals surface area (Å²) in [7, 11) is 0. The molecule has 3 aromatic rings. The van der Waals surface area contributed by atoms with Crippen molar-refractivity contribution in [1.29, 1.82) is 0 Å². The Labute approximate surface area is 156 Å². The lowest BCUT2D eigenvalue weighted by Gasteiger charge is -2.04. The van der Waals surface area contributed by atoms with E-state index in [1.807, 2.05) is 5.38 Å². The summed E-state index contributed by atoms with van der Waals surface area (Å²) >= 11 is 1.51. The number of benzene rings is 2. The lowest BCUT2D eigenvalue weighted by Crippen LogP contribution is -2.21. The molecule has 0 atom stereocenters. The highest BCUT2D eigenvalue weighted by Gasteiger charge is 2.05. The van der Waals surface area contributed by atoms with Gasteiger partial charge in [0.05, 0.1) is 5.69 Å². The quantitative estimate of drug-likeness (QED) is 0.590. The van der Waals surface area contributed by atoms with Gasteiger partial charge in [0.2, 0.25) is 5.91 Å². The highest BCUT2D eigenvalue weighted by atomic mass is 32.1. The van der Waals surface area contributed by atoms with E-state index >= 15 is 0 Å². The van der Waals surface area contributed by atoms with E-state index in [0.29, 0.717) is 6.54 Å². The number of amides is 1. The van der Waals surface area contributed by atoms with Crippen molar-refractivity contribution in [3.63, 3.8) is 0 Å². The summed E-state index contributed by atoms with van der Waals surface area (Å²) in [6, 6.07) is 14.5. The SMILES string of the molecule is CC(=O)NCCCc1ccc(-c2csc(Nc3ccc(F)cc3)n2)cc1. The van der Waals surface area contributed by atoms with Crippen molar-refractivity contribution in [2.24, 2.45) is 0 Å². The van der Waals surface area contributed by atoms with Gasteiger partial charge in [-0.15, -0.1) is 11.3 Å². The maximum absolute atomic E-state index is 13.0. The zero-order valence-corrected chi connectivity index (χ0v) is 15.3. The Morgan fingerprint density at radius 1 is 1.12 bits per heavy atom. The van der Waals surface area contributed by atoms with Crippen LogP contribution in [-0.4, -0.2) is 17.4 Å². The van der Waals surface area contributed by atoms with Crippen molar-refractivity contribution >= 4 is 28.1 Å². The number of halogens is 1. The molecule has 0 aliphatic heterocycles. The summed E-state index contributed by atoms with van der Waals surface area (Å²) in [5.41, 5.74) is 4.00. The highest BCUT2D eigenvalue weighted by Crippen LogP contribution is 2.27. The standard InChI is InChI=1S/C20H20FN3OS/c1-14(25)22-12-2-3-15-4-6-16(7-5-15)19-13-26-20(24-19)23-18-10-8-17(21)9-11-18/h4-11,13H,2-3,12H2,1H3,(H,22,25)(H,23,24). The minimum absolute atomic E-state index is 0.00827. The molecule has 0 bridgehead atoms. The van der Waals surface area contributed by atoms with Gasteiger partial charge in [0, 0.05) is 30.1 Å². The summed E-state index contributed by atoms with van der Waals surface area (Å²) in [5.74, 6) is -0.249. The molecule has 0 fully saturated rings. The summed E-state index contributed by atoms with van der Waals surface area (Å²) in [6.45, 7) is 2.23. The summed E-state index contributed by atoms with van der Waals surface area (Å²) in [6.07, 6.45) is 1.84. The molecule has 0 radical (unpaired) electrons. The number of hydrogen-bond donors (Lipinski definition) is 2. The lowest BCUT2D eigenvalue weighted by molar-refractivity contribution is -0.118. The molecule has 0 aliphatic rings. The third kappa shape index (κ3) is 5.13. The van der Waals surface area contributed by atoms with Crippen molar-refractivity contribution in [3.8, 4) is 11.3 Å². The van der Waals surface area contributed by atoms with E-state index in [4.69, 9.17) is 0 Å². The van der Waals surface area contributed by atoms with E-state index < -0.39 is 0 Å². The second kappa shape index (κ2) is 8.58. The van der Waals surface area contributed by atoms with E-state index in [9.17, 15) is 9.18 Å². The van der Waals surface area contributed by atoms with Gasteiger partial charge in [-0.25, -0.2) is 9.37 Å². The molecular formula is C20H20FN3OS. The fourth-order valence-corrected chi connectivity index (χ4v) is 3.26. The lowest BCUT2D eigenvalue weighted by atomic mass is 10.1. The number of aromatic nitrogens is 1. The molecule has 26 heavy (non-hydrogen) atoms. The maximum atomic E-state index is 13.0. The van der Waals surface area contributed by atoms with Gasteiger partial charge in [0.25, 0.3) is 0 Å². The molecule has 0 aliphatic carbocycles. The molecule has 4 nitrogen and oxygen atoms in total. The summed E-state index contributed by atoms with van der Waals surface area (Å²) in [4.78, 5) is 15.4. The Morgan fingerprint density at radius 3 is 2.54 bits per heavy atom. The zero-order chi connectivity index (χ0) is 18.4. The minimum atomic E-state index is -0.257. The van der Waals surface area contributed by atoms with Crippen LogP contribution in [0.15, 0.2) is 53.9 Å². The largest absolute Gasteiger partial charge is 0.356 e. The number of carbonyl (C=O) groups is 1. The maximum Gasteiger partial charge on any atom is 0.216 e. The summed E-state index contributed by atoms with van der Waals surface area (Å²) < 4.78 is 13.0. The Kier molecular flexibility index (Phi) is 5.96. The predicted octanol–water partition coefficient (Wildman–Crippen LogP) is 4.76. The molecule has 2 N–H and O–H groups in total. The van der Waals surface area contributed by atoms with E-state index in [2.05, 4.69) is 39.9 Å². The molecule has 3 rings (SSSR count). The van der Waals surface area contributed by atoms with Crippen LogP contribution in [0.25, 0.3) is 11.3 Å². The minimum Gasteiger partial charge on any atom is -0.356 e. The van der Waals surface area contributed by atoms with E-state index in [1.165, 1.54) is 36.0 Å². The van der Waals surface area contributed by atoms with Crippen LogP contribution in [0.3, 0.4) is 0 Å². The van der Waals surface area contributed by atoms with Gasteiger partial charge < -0.3 is 10.6 Å². The molecule has 1 heterocycles. The Bertz CT molecular complexity index is 860. The molecule has 1 aromatic heterocycles. The van der Waals surface area contributed by atoms with Gasteiger partial charge in [-0.3, -0.25) is 4.79 Å². The van der Waals surface area contributed by atoms with Crippen LogP contribution < -0.4 is 10.6 Å². The van der Waals surface area contributed by atoms with Gasteiger partial charge in [0.1, 0.15) is 5.82 Å². The Morgan fingerprint density at radius 2 is 1.85 bits per heavy atom. The number of anilines is 2. The van der Waals surface area contributed by atoms with Gasteiger partial charge in [-0.05, 0) is 42.7 Å². The molecule has 0 unspecified atom stereocenters. The van der Waals surface area contributed by atoms with E-state index in [0.717, 1.165) is 34.9 Å². The first kappa shape index (κ1) is 18.1. The number of nitrogens with zero attached hydrogens (tertiary/aromatic N) is 1. The van der Waals surface area contributed by atoms with Crippen LogP contribution in [0.5, 0.6) is 0 Å². The van der Waals surface area contributed by atoms with Crippen molar-refractivity contribution in [3.05, 3.63) is 65.3 Å². The number of carbonyl (C=O) groups excluding carboxylic acids is 1.